The minimum Gasteiger partial charge on any atom is -0.383 e. The van der Waals surface area contributed by atoms with Gasteiger partial charge in [0.1, 0.15) is 0 Å². The first-order valence-electron chi connectivity index (χ1n) is 7.06. The molecule has 0 saturated carbocycles. The summed E-state index contributed by atoms with van der Waals surface area (Å²) in [4.78, 5) is 4.37. The number of ether oxygens (including phenoxy) is 1. The summed E-state index contributed by atoms with van der Waals surface area (Å²) in [6.45, 7) is 1.02. The summed E-state index contributed by atoms with van der Waals surface area (Å²) in [6, 6.07) is 9.88. The molecule has 0 fully saturated rings. The highest BCUT2D eigenvalue weighted by Gasteiger charge is 2.16. The lowest BCUT2D eigenvalue weighted by Crippen LogP contribution is -2.40. The molecule has 6 nitrogen and oxygen atoms in total. The Morgan fingerprint density at radius 1 is 1.32 bits per heavy atom. The van der Waals surface area contributed by atoms with E-state index in [-0.39, 0.29) is 0 Å². The lowest BCUT2D eigenvalue weighted by atomic mass is 10.1. The molecular formula is C15H21N3O3S. The number of fused-ring (bicyclic) bond motifs is 1. The maximum Gasteiger partial charge on any atom is 0.279 e. The van der Waals surface area contributed by atoms with Crippen LogP contribution in [0.4, 0.5) is 0 Å². The second-order valence-corrected chi connectivity index (χ2v) is 6.86. The van der Waals surface area contributed by atoms with Crippen LogP contribution < -0.4 is 4.72 Å². The number of nitrogens with zero attached hydrogens (tertiary/aromatic N) is 2. The molecule has 0 unspecified atom stereocenters. The number of hydrogen-bond donors (Lipinski definition) is 1. The fourth-order valence-electron chi connectivity index (χ4n) is 2.03. The highest BCUT2D eigenvalue weighted by atomic mass is 32.2. The maximum atomic E-state index is 12.0. The number of nitrogens with one attached hydrogen (secondary N) is 1. The Morgan fingerprint density at radius 3 is 2.86 bits per heavy atom. The van der Waals surface area contributed by atoms with E-state index in [4.69, 9.17) is 4.74 Å². The lowest BCUT2D eigenvalue weighted by molar-refractivity contribution is 0.184. The van der Waals surface area contributed by atoms with Crippen molar-refractivity contribution in [3.05, 3.63) is 42.1 Å². The van der Waals surface area contributed by atoms with Gasteiger partial charge in [0.15, 0.2) is 0 Å². The molecule has 0 atom stereocenters. The number of aromatic nitrogens is 1. The molecular weight excluding hydrogens is 302 g/mol. The maximum absolute atomic E-state index is 12.0. The quantitative estimate of drug-likeness (QED) is 0.792. The summed E-state index contributed by atoms with van der Waals surface area (Å²) in [5.74, 6) is 0. The zero-order chi connectivity index (χ0) is 16.0. The number of likely N-dealkylation sites (N-methyl/N-ethyl adjacent to an activating group) is 1. The predicted octanol–water partition coefficient (Wildman–Crippen LogP) is 1.19. The average molecular weight is 323 g/mol. The molecule has 2 rings (SSSR count). The average Bonchev–Trinajstić information content (AvgIpc) is 2.52. The van der Waals surface area contributed by atoms with E-state index in [1.165, 1.54) is 11.4 Å². The summed E-state index contributed by atoms with van der Waals surface area (Å²) in [5.41, 5.74) is 1.94. The largest absolute Gasteiger partial charge is 0.383 e. The molecule has 0 bridgehead atoms. The fraction of sp³-hybridized carbons (Fsp3) is 0.400. The van der Waals surface area contributed by atoms with Crippen molar-refractivity contribution in [3.63, 3.8) is 0 Å². The van der Waals surface area contributed by atoms with Gasteiger partial charge in [-0.3, -0.25) is 4.98 Å². The third-order valence-electron chi connectivity index (χ3n) is 3.37. The molecule has 1 N–H and O–H groups in total. The minimum atomic E-state index is -3.46. The Morgan fingerprint density at radius 2 is 2.09 bits per heavy atom. The van der Waals surface area contributed by atoms with Crippen LogP contribution in [0.25, 0.3) is 10.9 Å². The van der Waals surface area contributed by atoms with Gasteiger partial charge in [0, 0.05) is 38.8 Å². The van der Waals surface area contributed by atoms with Crippen LogP contribution >= 0.6 is 0 Å². The fourth-order valence-corrected chi connectivity index (χ4v) is 2.92. The number of para-hydroxylation sites is 1. The molecule has 2 aromatic rings. The van der Waals surface area contributed by atoms with E-state index < -0.39 is 10.2 Å². The van der Waals surface area contributed by atoms with Crippen molar-refractivity contribution in [1.29, 1.82) is 0 Å². The van der Waals surface area contributed by atoms with Crippen LogP contribution in [0.15, 0.2) is 36.5 Å². The van der Waals surface area contributed by atoms with Crippen molar-refractivity contribution < 1.29 is 13.2 Å². The number of rotatable bonds is 8. The van der Waals surface area contributed by atoms with Gasteiger partial charge >= 0.3 is 0 Å². The van der Waals surface area contributed by atoms with Crippen molar-refractivity contribution in [2.75, 3.05) is 33.9 Å². The molecule has 0 amide bonds. The van der Waals surface area contributed by atoms with Gasteiger partial charge in [0.2, 0.25) is 0 Å². The van der Waals surface area contributed by atoms with Crippen LogP contribution in [0.5, 0.6) is 0 Å². The Bertz CT molecular complexity index is 719. The SMILES string of the molecule is COCCN(C)S(=O)(=O)NCCc1cnc2ccccc2c1. The monoisotopic (exact) mass is 323 g/mol. The molecule has 1 aromatic carbocycles. The first-order valence-corrected chi connectivity index (χ1v) is 8.50. The predicted molar refractivity (Wildman–Crippen MR) is 86.9 cm³/mol. The molecule has 1 aromatic heterocycles. The molecule has 120 valence electrons. The van der Waals surface area contributed by atoms with Crippen molar-refractivity contribution in [2.45, 2.75) is 6.42 Å². The summed E-state index contributed by atoms with van der Waals surface area (Å²) in [5, 5.41) is 1.06. The van der Waals surface area contributed by atoms with Crippen molar-refractivity contribution in [3.8, 4) is 0 Å². The molecule has 1 heterocycles. The van der Waals surface area contributed by atoms with E-state index in [9.17, 15) is 8.42 Å². The molecule has 0 aliphatic carbocycles. The zero-order valence-electron chi connectivity index (χ0n) is 12.8. The van der Waals surface area contributed by atoms with Gasteiger partial charge < -0.3 is 4.74 Å². The number of hydrogen-bond acceptors (Lipinski definition) is 4. The van der Waals surface area contributed by atoms with E-state index in [2.05, 4.69) is 9.71 Å². The Labute approximate surface area is 131 Å². The second-order valence-electron chi connectivity index (χ2n) is 5.00. The van der Waals surface area contributed by atoms with Gasteiger partial charge in [-0.1, -0.05) is 18.2 Å². The normalized spacial score (nSPS) is 12.1. The van der Waals surface area contributed by atoms with Gasteiger partial charge in [-0.05, 0) is 24.1 Å². The van der Waals surface area contributed by atoms with Gasteiger partial charge in [-0.2, -0.15) is 12.7 Å². The molecule has 0 saturated heterocycles. The van der Waals surface area contributed by atoms with Crippen LogP contribution in [-0.2, 0) is 21.4 Å². The van der Waals surface area contributed by atoms with Crippen molar-refractivity contribution in [1.82, 2.24) is 14.0 Å². The molecule has 0 radical (unpaired) electrons. The second kappa shape index (κ2) is 7.64. The third kappa shape index (κ3) is 4.48. The van der Waals surface area contributed by atoms with Gasteiger partial charge in [0.25, 0.3) is 10.2 Å². The topological polar surface area (TPSA) is 71.5 Å². The Balaban J connectivity index is 1.91. The zero-order valence-corrected chi connectivity index (χ0v) is 13.6. The van der Waals surface area contributed by atoms with Crippen LogP contribution in [0, 0.1) is 0 Å². The first kappa shape index (κ1) is 16.8. The lowest BCUT2D eigenvalue weighted by Gasteiger charge is -2.17. The van der Waals surface area contributed by atoms with Crippen molar-refractivity contribution in [2.24, 2.45) is 0 Å². The van der Waals surface area contributed by atoms with Crippen LogP contribution in [0.1, 0.15) is 5.56 Å². The third-order valence-corrected chi connectivity index (χ3v) is 4.94. The van der Waals surface area contributed by atoms with E-state index >= 15 is 0 Å². The summed E-state index contributed by atoms with van der Waals surface area (Å²) < 4.78 is 32.7. The molecule has 0 spiro atoms. The highest BCUT2D eigenvalue weighted by Crippen LogP contribution is 2.12. The van der Waals surface area contributed by atoms with E-state index in [1.807, 2.05) is 30.3 Å². The smallest absolute Gasteiger partial charge is 0.279 e. The molecule has 7 heteroatoms. The molecule has 0 aliphatic heterocycles. The summed E-state index contributed by atoms with van der Waals surface area (Å²) in [7, 11) is -0.393. The van der Waals surface area contributed by atoms with E-state index in [0.717, 1.165) is 16.5 Å². The van der Waals surface area contributed by atoms with Crippen LogP contribution in [0.2, 0.25) is 0 Å². The molecule has 0 aliphatic rings. The van der Waals surface area contributed by atoms with Gasteiger partial charge in [-0.15, -0.1) is 0 Å². The summed E-state index contributed by atoms with van der Waals surface area (Å²) >= 11 is 0. The first-order chi connectivity index (χ1) is 10.5. The number of pyridine rings is 1. The summed E-state index contributed by atoms with van der Waals surface area (Å²) in [6.07, 6.45) is 2.38. The highest BCUT2D eigenvalue weighted by molar-refractivity contribution is 7.87. The number of benzene rings is 1. The van der Waals surface area contributed by atoms with E-state index in [1.54, 1.807) is 13.3 Å². The standard InChI is InChI=1S/C15H21N3O3S/c1-18(9-10-21-2)22(19,20)17-8-7-13-11-14-5-3-4-6-15(14)16-12-13/h3-6,11-12,17H,7-10H2,1-2H3. The molecule has 22 heavy (non-hydrogen) atoms. The van der Waals surface area contributed by atoms with Crippen LogP contribution in [0.3, 0.4) is 0 Å². The minimum absolute atomic E-state index is 0.323. The van der Waals surface area contributed by atoms with Gasteiger partial charge in [-0.25, -0.2) is 4.72 Å². The number of methoxy groups -OCH3 is 1. The Hall–Kier alpha value is -1.54. The van der Waals surface area contributed by atoms with Crippen molar-refractivity contribution >= 4 is 21.1 Å². The van der Waals surface area contributed by atoms with Crippen LogP contribution in [-0.4, -0.2) is 51.6 Å². The Kier molecular flexibility index (Phi) is 5.84. The van der Waals surface area contributed by atoms with Gasteiger partial charge in [0.05, 0.1) is 12.1 Å². The van der Waals surface area contributed by atoms with E-state index in [0.29, 0.717) is 26.1 Å².